The number of para-hydroxylation sites is 1. The second kappa shape index (κ2) is 8.87. The van der Waals surface area contributed by atoms with Crippen molar-refractivity contribution in [1.29, 1.82) is 0 Å². The van der Waals surface area contributed by atoms with E-state index in [-0.39, 0.29) is 36.6 Å². The maximum atomic E-state index is 12.5. The van der Waals surface area contributed by atoms with Crippen molar-refractivity contribution in [2.24, 2.45) is 0 Å². The standard InChI is InChI=1S/C22H19N3O4S/c26-20(24-16-5-2-1-3-6-16)13-25-18-11-15(8-9-19(18)30-14-21(25)27)22(28)23-12-17-7-4-10-29-17/h1-11H,12-14H2,(H,23,28)(H,24,26). The van der Waals surface area contributed by atoms with Gasteiger partial charge in [0.1, 0.15) is 12.3 Å². The number of nitrogens with zero attached hydrogens (tertiary/aromatic N) is 1. The second-order valence-electron chi connectivity index (χ2n) is 6.63. The van der Waals surface area contributed by atoms with E-state index in [2.05, 4.69) is 10.6 Å². The fourth-order valence-electron chi connectivity index (χ4n) is 3.06. The Morgan fingerprint density at radius 1 is 1.07 bits per heavy atom. The Hall–Kier alpha value is -3.52. The van der Waals surface area contributed by atoms with Crippen molar-refractivity contribution >= 4 is 40.9 Å². The van der Waals surface area contributed by atoms with E-state index in [1.54, 1.807) is 48.7 Å². The van der Waals surface area contributed by atoms with E-state index in [0.29, 0.717) is 22.7 Å². The predicted molar refractivity (Wildman–Crippen MR) is 114 cm³/mol. The number of fused-ring (bicyclic) bond motifs is 1. The molecule has 2 heterocycles. The third-order valence-corrected chi connectivity index (χ3v) is 5.57. The number of nitrogens with one attached hydrogen (secondary N) is 2. The summed E-state index contributed by atoms with van der Waals surface area (Å²) in [5.41, 5.74) is 1.63. The van der Waals surface area contributed by atoms with Gasteiger partial charge in [-0.15, -0.1) is 11.8 Å². The molecule has 30 heavy (non-hydrogen) atoms. The van der Waals surface area contributed by atoms with Crippen LogP contribution in [-0.2, 0) is 16.1 Å². The fourth-order valence-corrected chi connectivity index (χ4v) is 3.98. The van der Waals surface area contributed by atoms with Crippen LogP contribution in [0.1, 0.15) is 16.1 Å². The number of hydrogen-bond donors (Lipinski definition) is 2. The van der Waals surface area contributed by atoms with Crippen LogP contribution in [-0.4, -0.2) is 30.0 Å². The first-order valence-corrected chi connectivity index (χ1v) is 10.3. The first-order chi connectivity index (χ1) is 14.6. The van der Waals surface area contributed by atoms with Gasteiger partial charge in [0.2, 0.25) is 11.8 Å². The number of benzene rings is 2. The lowest BCUT2D eigenvalue weighted by Gasteiger charge is -2.28. The molecule has 0 saturated heterocycles. The number of thioether (sulfide) groups is 1. The van der Waals surface area contributed by atoms with E-state index in [1.807, 2.05) is 18.2 Å². The van der Waals surface area contributed by atoms with Crippen molar-refractivity contribution in [2.75, 3.05) is 22.5 Å². The molecule has 2 N–H and O–H groups in total. The molecule has 4 rings (SSSR count). The fraction of sp³-hybridized carbons (Fsp3) is 0.136. The average Bonchev–Trinajstić information content (AvgIpc) is 3.28. The van der Waals surface area contributed by atoms with Gasteiger partial charge in [0.15, 0.2) is 0 Å². The van der Waals surface area contributed by atoms with Crippen LogP contribution < -0.4 is 15.5 Å². The van der Waals surface area contributed by atoms with Crippen LogP contribution in [0.3, 0.4) is 0 Å². The maximum absolute atomic E-state index is 12.5. The molecule has 7 nitrogen and oxygen atoms in total. The minimum atomic E-state index is -0.305. The van der Waals surface area contributed by atoms with Crippen LogP contribution in [0.25, 0.3) is 0 Å². The summed E-state index contributed by atoms with van der Waals surface area (Å²) in [5.74, 6) is 0.122. The molecule has 0 saturated carbocycles. The molecule has 1 aromatic heterocycles. The summed E-state index contributed by atoms with van der Waals surface area (Å²) in [6.07, 6.45) is 1.54. The van der Waals surface area contributed by atoms with Gasteiger partial charge in [-0.05, 0) is 42.5 Å². The summed E-state index contributed by atoms with van der Waals surface area (Å²) < 4.78 is 5.22. The Morgan fingerprint density at radius 3 is 2.67 bits per heavy atom. The largest absolute Gasteiger partial charge is 0.467 e. The normalized spacial score (nSPS) is 12.9. The highest BCUT2D eigenvalue weighted by Gasteiger charge is 2.27. The van der Waals surface area contributed by atoms with Gasteiger partial charge in [-0.25, -0.2) is 0 Å². The Morgan fingerprint density at radius 2 is 1.90 bits per heavy atom. The number of anilines is 2. The lowest BCUT2D eigenvalue weighted by Crippen LogP contribution is -2.41. The van der Waals surface area contributed by atoms with Gasteiger partial charge < -0.3 is 20.0 Å². The molecular weight excluding hydrogens is 402 g/mol. The number of furan rings is 1. The van der Waals surface area contributed by atoms with Gasteiger partial charge in [0.25, 0.3) is 5.91 Å². The molecular formula is C22H19N3O4S. The lowest BCUT2D eigenvalue weighted by atomic mass is 10.1. The zero-order chi connectivity index (χ0) is 20.9. The molecule has 0 aliphatic carbocycles. The zero-order valence-electron chi connectivity index (χ0n) is 16.0. The summed E-state index contributed by atoms with van der Waals surface area (Å²) in [6, 6.07) is 17.7. The summed E-state index contributed by atoms with van der Waals surface area (Å²) in [7, 11) is 0. The van der Waals surface area contributed by atoms with Crippen LogP contribution in [0.2, 0.25) is 0 Å². The molecule has 3 amide bonds. The van der Waals surface area contributed by atoms with E-state index >= 15 is 0 Å². The van der Waals surface area contributed by atoms with E-state index in [0.717, 1.165) is 4.90 Å². The van der Waals surface area contributed by atoms with Crippen molar-refractivity contribution in [2.45, 2.75) is 11.4 Å². The molecule has 1 aliphatic heterocycles. The number of carbonyl (C=O) groups excluding carboxylic acids is 3. The van der Waals surface area contributed by atoms with Crippen LogP contribution >= 0.6 is 11.8 Å². The molecule has 0 fully saturated rings. The number of hydrogen-bond acceptors (Lipinski definition) is 5. The van der Waals surface area contributed by atoms with Crippen LogP contribution in [0.15, 0.2) is 76.2 Å². The van der Waals surface area contributed by atoms with Gasteiger partial charge in [-0.2, -0.15) is 0 Å². The van der Waals surface area contributed by atoms with E-state index in [1.165, 1.54) is 16.7 Å². The number of carbonyl (C=O) groups is 3. The Labute approximate surface area is 177 Å². The quantitative estimate of drug-likeness (QED) is 0.637. The molecule has 152 valence electrons. The minimum absolute atomic E-state index is 0.126. The summed E-state index contributed by atoms with van der Waals surface area (Å²) in [5, 5.41) is 5.57. The second-order valence-corrected chi connectivity index (χ2v) is 7.64. The van der Waals surface area contributed by atoms with Gasteiger partial charge in [-0.3, -0.25) is 14.4 Å². The van der Waals surface area contributed by atoms with Crippen molar-refractivity contribution in [3.8, 4) is 0 Å². The van der Waals surface area contributed by atoms with Gasteiger partial charge in [0.05, 0.1) is 24.2 Å². The SMILES string of the molecule is O=C(CN1C(=O)CSc2ccc(C(=O)NCc3ccco3)cc21)Nc1ccccc1. The first kappa shape index (κ1) is 19.8. The Bertz CT molecular complexity index is 1070. The highest BCUT2D eigenvalue weighted by atomic mass is 32.2. The minimum Gasteiger partial charge on any atom is -0.467 e. The molecule has 8 heteroatoms. The van der Waals surface area contributed by atoms with Crippen molar-refractivity contribution < 1.29 is 18.8 Å². The van der Waals surface area contributed by atoms with Crippen molar-refractivity contribution in [3.63, 3.8) is 0 Å². The third-order valence-electron chi connectivity index (χ3n) is 4.53. The highest BCUT2D eigenvalue weighted by Crippen LogP contribution is 2.36. The molecule has 0 radical (unpaired) electrons. The van der Waals surface area contributed by atoms with Gasteiger partial charge in [0, 0.05) is 16.1 Å². The third kappa shape index (κ3) is 4.55. The summed E-state index contributed by atoms with van der Waals surface area (Å²) in [6.45, 7) is 0.137. The molecule has 1 aliphatic rings. The monoisotopic (exact) mass is 421 g/mol. The predicted octanol–water partition coefficient (Wildman–Crippen LogP) is 3.29. The van der Waals surface area contributed by atoms with Crippen LogP contribution in [0.4, 0.5) is 11.4 Å². The molecule has 0 atom stereocenters. The Balaban J connectivity index is 1.49. The highest BCUT2D eigenvalue weighted by molar-refractivity contribution is 8.00. The Kier molecular flexibility index (Phi) is 5.85. The van der Waals surface area contributed by atoms with Gasteiger partial charge >= 0.3 is 0 Å². The zero-order valence-corrected chi connectivity index (χ0v) is 16.8. The van der Waals surface area contributed by atoms with E-state index in [9.17, 15) is 14.4 Å². The van der Waals surface area contributed by atoms with Crippen molar-refractivity contribution in [3.05, 3.63) is 78.3 Å². The number of rotatable bonds is 6. The molecule has 2 aromatic carbocycles. The number of amides is 3. The van der Waals surface area contributed by atoms with E-state index in [4.69, 9.17) is 4.42 Å². The molecule has 3 aromatic rings. The summed E-state index contributed by atoms with van der Waals surface area (Å²) in [4.78, 5) is 39.8. The van der Waals surface area contributed by atoms with E-state index < -0.39 is 0 Å². The first-order valence-electron chi connectivity index (χ1n) is 9.33. The molecule has 0 spiro atoms. The van der Waals surface area contributed by atoms with Crippen LogP contribution in [0.5, 0.6) is 0 Å². The molecule has 0 unspecified atom stereocenters. The lowest BCUT2D eigenvalue weighted by molar-refractivity contribution is -0.120. The molecule has 0 bridgehead atoms. The topological polar surface area (TPSA) is 91.7 Å². The maximum Gasteiger partial charge on any atom is 0.251 e. The van der Waals surface area contributed by atoms with Crippen molar-refractivity contribution in [1.82, 2.24) is 5.32 Å². The average molecular weight is 421 g/mol. The van der Waals surface area contributed by atoms with Crippen LogP contribution in [0, 0.1) is 0 Å². The van der Waals surface area contributed by atoms with Gasteiger partial charge in [-0.1, -0.05) is 18.2 Å². The smallest absolute Gasteiger partial charge is 0.251 e. The summed E-state index contributed by atoms with van der Waals surface area (Å²) >= 11 is 1.39.